The van der Waals surface area contributed by atoms with E-state index < -0.39 is 42.6 Å². The van der Waals surface area contributed by atoms with Crippen LogP contribution in [0.5, 0.6) is 5.88 Å². The number of fused-ring (bicyclic) bond motifs is 2. The zero-order valence-corrected chi connectivity index (χ0v) is 25.1. The number of amides is 1. The molecule has 2 saturated heterocycles. The number of anilines is 1. The molecule has 1 amide bonds. The summed E-state index contributed by atoms with van der Waals surface area (Å²) < 4.78 is 47.7. The van der Waals surface area contributed by atoms with Crippen LogP contribution in [0.3, 0.4) is 0 Å². The fraction of sp³-hybridized carbons (Fsp3) is 0.682. The maximum atomic E-state index is 13.3. The molecule has 222 valence electrons. The number of phosphoric acid groups is 1. The number of imidazole rings is 1. The number of methoxy groups -OCH3 is 1. The molecule has 4 heterocycles. The number of alkyl halides is 1. The Balaban J connectivity index is 1.38. The summed E-state index contributed by atoms with van der Waals surface area (Å²) in [5.74, 6) is 0.390. The summed E-state index contributed by atoms with van der Waals surface area (Å²) in [6.07, 6.45) is -1.53. The highest BCUT2D eigenvalue weighted by Crippen LogP contribution is 2.60. The highest BCUT2D eigenvalue weighted by atomic mass is 35.5. The number of halogens is 1. The third kappa shape index (κ3) is 6.32. The lowest BCUT2D eigenvalue weighted by atomic mass is 9.96. The van der Waals surface area contributed by atoms with Crippen LogP contribution in [-0.4, -0.2) is 87.0 Å². The Morgan fingerprint density at radius 1 is 1.40 bits per heavy atom. The Morgan fingerprint density at radius 3 is 2.85 bits per heavy atom. The van der Waals surface area contributed by atoms with Crippen LogP contribution in [-0.2, 0) is 32.4 Å². The molecule has 15 nitrogen and oxygen atoms in total. The Labute approximate surface area is 239 Å². The largest absolute Gasteiger partial charge is 0.476 e. The first kappa shape index (κ1) is 30.8. The van der Waals surface area contributed by atoms with Gasteiger partial charge in [-0.2, -0.15) is 9.97 Å². The average molecular weight is 623 g/mol. The molecule has 0 aromatic carbocycles. The van der Waals surface area contributed by atoms with E-state index in [0.717, 1.165) is 11.8 Å². The molecule has 2 aromatic rings. The van der Waals surface area contributed by atoms with Gasteiger partial charge in [-0.25, -0.2) is 14.3 Å². The number of nitrogens with one attached hydrogen (secondary N) is 1. The SMILES string of the molecule is CCOc1nc(N)nc2c1ncn2[C@@H]1O[C@@H]2CO[P@@](=O)(OCCSC(=O)C(C)(C)CNC(=O)OC)O[C@H]2[C@@]1(C)Cl. The highest BCUT2D eigenvalue weighted by Gasteiger charge is 2.60. The number of nitrogens with zero attached hydrogens (tertiary/aromatic N) is 4. The lowest BCUT2D eigenvalue weighted by Gasteiger charge is -2.34. The Bertz CT molecular complexity index is 1310. The van der Waals surface area contributed by atoms with Crippen molar-refractivity contribution in [2.45, 2.75) is 51.0 Å². The monoisotopic (exact) mass is 622 g/mol. The average Bonchev–Trinajstić information content (AvgIpc) is 3.42. The first-order chi connectivity index (χ1) is 18.8. The van der Waals surface area contributed by atoms with E-state index in [4.69, 9.17) is 40.4 Å². The third-order valence-corrected chi connectivity index (χ3v) is 9.28. The smallest absolute Gasteiger partial charge is 0.475 e. The van der Waals surface area contributed by atoms with E-state index >= 15 is 0 Å². The van der Waals surface area contributed by atoms with Crippen LogP contribution in [0.1, 0.15) is 33.9 Å². The van der Waals surface area contributed by atoms with E-state index in [1.54, 1.807) is 25.3 Å². The number of carbonyl (C=O) groups is 2. The van der Waals surface area contributed by atoms with Crippen LogP contribution in [0.2, 0.25) is 0 Å². The van der Waals surface area contributed by atoms with Crippen molar-refractivity contribution in [3.05, 3.63) is 6.33 Å². The van der Waals surface area contributed by atoms with Crippen LogP contribution in [0.4, 0.5) is 10.7 Å². The lowest BCUT2D eigenvalue weighted by Crippen LogP contribution is -2.44. The molecular formula is C22H32ClN6O9PS. The van der Waals surface area contributed by atoms with E-state index in [9.17, 15) is 14.2 Å². The molecule has 3 N–H and O–H groups in total. The fourth-order valence-corrected chi connectivity index (χ4v) is 6.96. The highest BCUT2D eigenvalue weighted by molar-refractivity contribution is 8.13. The van der Waals surface area contributed by atoms with Crippen LogP contribution >= 0.6 is 31.2 Å². The van der Waals surface area contributed by atoms with Gasteiger partial charge in [0.05, 0.1) is 38.7 Å². The summed E-state index contributed by atoms with van der Waals surface area (Å²) in [5, 5.41) is 2.31. The number of phosphoric ester groups is 1. The van der Waals surface area contributed by atoms with Crippen LogP contribution in [0, 0.1) is 5.41 Å². The number of nitrogens with two attached hydrogens (primary N) is 1. The molecule has 0 aliphatic carbocycles. The number of alkyl carbamates (subject to hydrolysis) is 1. The molecule has 0 bridgehead atoms. The van der Waals surface area contributed by atoms with E-state index in [1.165, 1.54) is 13.4 Å². The molecule has 40 heavy (non-hydrogen) atoms. The van der Waals surface area contributed by atoms with Crippen molar-refractivity contribution in [1.82, 2.24) is 24.8 Å². The molecule has 5 atom stereocenters. The summed E-state index contributed by atoms with van der Waals surface area (Å²) in [6.45, 7) is 7.10. The lowest BCUT2D eigenvalue weighted by molar-refractivity contribution is -0.117. The summed E-state index contributed by atoms with van der Waals surface area (Å²) in [6, 6.07) is 0. The third-order valence-electron chi connectivity index (χ3n) is 6.24. The predicted molar refractivity (Wildman–Crippen MR) is 145 cm³/mol. The predicted octanol–water partition coefficient (Wildman–Crippen LogP) is 2.88. The maximum Gasteiger partial charge on any atom is 0.475 e. The van der Waals surface area contributed by atoms with Crippen molar-refractivity contribution >= 4 is 59.5 Å². The van der Waals surface area contributed by atoms with E-state index in [1.807, 2.05) is 6.92 Å². The van der Waals surface area contributed by atoms with Gasteiger partial charge in [0, 0.05) is 12.3 Å². The van der Waals surface area contributed by atoms with Gasteiger partial charge in [-0.3, -0.25) is 22.9 Å². The number of hydrogen-bond acceptors (Lipinski definition) is 14. The van der Waals surface area contributed by atoms with Gasteiger partial charge in [-0.1, -0.05) is 25.6 Å². The van der Waals surface area contributed by atoms with Crippen molar-refractivity contribution in [3.8, 4) is 5.88 Å². The minimum Gasteiger partial charge on any atom is -0.476 e. The summed E-state index contributed by atoms with van der Waals surface area (Å²) in [7, 11) is -2.78. The number of hydrogen-bond donors (Lipinski definition) is 2. The van der Waals surface area contributed by atoms with E-state index in [2.05, 4.69) is 25.0 Å². The normalized spacial score (nSPS) is 28.3. The molecule has 2 aliphatic heterocycles. The molecule has 0 unspecified atom stereocenters. The Morgan fingerprint density at radius 2 is 2.15 bits per heavy atom. The van der Waals surface area contributed by atoms with Gasteiger partial charge < -0.3 is 25.3 Å². The number of rotatable bonds is 10. The van der Waals surface area contributed by atoms with Gasteiger partial charge in [-0.15, -0.1) is 11.6 Å². The first-order valence-corrected chi connectivity index (χ1v) is 15.2. The molecule has 2 aliphatic rings. The molecule has 18 heteroatoms. The maximum absolute atomic E-state index is 13.3. The second-order valence-corrected chi connectivity index (χ2v) is 13.3. The van der Waals surface area contributed by atoms with Crippen LogP contribution in [0.25, 0.3) is 11.2 Å². The van der Waals surface area contributed by atoms with Crippen molar-refractivity contribution in [2.75, 3.05) is 45.0 Å². The number of aromatic nitrogens is 4. The molecular weight excluding hydrogens is 591 g/mol. The minimum absolute atomic E-state index is 0.0126. The molecule has 0 saturated carbocycles. The summed E-state index contributed by atoms with van der Waals surface area (Å²) >= 11 is 7.93. The second-order valence-electron chi connectivity index (χ2n) is 9.79. The topological polar surface area (TPSA) is 188 Å². The zero-order chi connectivity index (χ0) is 29.3. The molecule has 0 spiro atoms. The second kappa shape index (κ2) is 12.0. The van der Waals surface area contributed by atoms with Gasteiger partial charge in [0.15, 0.2) is 22.5 Å². The molecule has 2 fully saturated rings. The molecule has 2 aromatic heterocycles. The number of carbonyl (C=O) groups excluding carboxylic acids is 2. The Hall–Kier alpha value is -2.20. The minimum atomic E-state index is -4.02. The number of nitrogen functional groups attached to an aromatic ring is 1. The van der Waals surface area contributed by atoms with Gasteiger partial charge in [0.1, 0.15) is 17.1 Å². The quantitative estimate of drug-likeness (QED) is 0.223. The van der Waals surface area contributed by atoms with Crippen molar-refractivity contribution in [3.63, 3.8) is 0 Å². The molecule has 4 rings (SSSR count). The summed E-state index contributed by atoms with van der Waals surface area (Å²) in [4.78, 5) is 35.4. The number of thioether (sulfide) groups is 1. The van der Waals surface area contributed by atoms with Gasteiger partial charge >= 0.3 is 13.9 Å². The molecule has 0 radical (unpaired) electrons. The zero-order valence-electron chi connectivity index (χ0n) is 22.6. The van der Waals surface area contributed by atoms with Crippen LogP contribution in [0.15, 0.2) is 6.33 Å². The fourth-order valence-electron chi connectivity index (χ4n) is 4.14. The first-order valence-electron chi connectivity index (χ1n) is 12.3. The Kier molecular flexibility index (Phi) is 9.19. The number of ether oxygens (including phenoxy) is 3. The van der Waals surface area contributed by atoms with E-state index in [0.29, 0.717) is 17.8 Å². The van der Waals surface area contributed by atoms with Gasteiger partial charge in [0.2, 0.25) is 11.8 Å². The van der Waals surface area contributed by atoms with E-state index in [-0.39, 0.29) is 42.5 Å². The van der Waals surface area contributed by atoms with Crippen molar-refractivity contribution in [2.24, 2.45) is 5.41 Å². The standard InChI is InChI=1S/C22H32ClN6O9PS/c1-6-34-16-13-15(27-19(24)28-16)29(11-26-13)17-22(4,23)14-12(37-17)9-36-39(32,38-14)35-7-8-40-18(30)21(2,3)10-25-20(31)33-5/h11-12,14,17H,6-10H2,1-5H3,(H,25,31)(H2,24,27,28)/t12-,14-,17-,22-,39-/m1/s1. The summed E-state index contributed by atoms with van der Waals surface area (Å²) in [5.41, 5.74) is 5.74. The van der Waals surface area contributed by atoms with Gasteiger partial charge in [0.25, 0.3) is 0 Å². The van der Waals surface area contributed by atoms with Crippen LogP contribution < -0.4 is 15.8 Å². The van der Waals surface area contributed by atoms with Crippen molar-refractivity contribution in [1.29, 1.82) is 0 Å². The van der Waals surface area contributed by atoms with Gasteiger partial charge in [-0.05, 0) is 13.8 Å². The van der Waals surface area contributed by atoms with Crippen molar-refractivity contribution < 1.29 is 41.9 Å².